The standard InChI is InChI=1S/C17H21N3O4/c1-2-4-12-15-11(16(23)18-8-3-5-14(21)22)9-13(10-6-7-10)19-17(15)24-20-12/h9-10H,2-8H2,1H3,(H,18,23)(H,21,22). The zero-order valence-electron chi connectivity index (χ0n) is 13.7. The molecule has 7 heteroatoms. The average Bonchev–Trinajstić information content (AvgIpc) is 3.33. The molecule has 24 heavy (non-hydrogen) atoms. The van der Waals surface area contributed by atoms with Crippen LogP contribution in [0.15, 0.2) is 10.6 Å². The van der Waals surface area contributed by atoms with Crippen LogP contribution in [0, 0.1) is 0 Å². The van der Waals surface area contributed by atoms with Gasteiger partial charge in [0.1, 0.15) is 0 Å². The summed E-state index contributed by atoms with van der Waals surface area (Å²) >= 11 is 0. The quantitative estimate of drug-likeness (QED) is 0.720. The number of aromatic nitrogens is 2. The fourth-order valence-electron chi connectivity index (χ4n) is 2.74. The monoisotopic (exact) mass is 331 g/mol. The van der Waals surface area contributed by atoms with E-state index in [0.717, 1.165) is 37.1 Å². The Balaban J connectivity index is 1.86. The van der Waals surface area contributed by atoms with Gasteiger partial charge in [-0.05, 0) is 31.7 Å². The van der Waals surface area contributed by atoms with E-state index in [1.54, 1.807) is 0 Å². The Bertz CT molecular complexity index is 765. The number of nitrogens with one attached hydrogen (secondary N) is 1. The Morgan fingerprint density at radius 2 is 2.21 bits per heavy atom. The summed E-state index contributed by atoms with van der Waals surface area (Å²) in [6.07, 6.45) is 4.20. The Kier molecular flexibility index (Phi) is 4.78. The third-order valence-corrected chi connectivity index (χ3v) is 4.12. The molecule has 2 aromatic rings. The van der Waals surface area contributed by atoms with Gasteiger partial charge in [0.05, 0.1) is 16.6 Å². The summed E-state index contributed by atoms with van der Waals surface area (Å²) in [5, 5.41) is 16.2. The van der Waals surface area contributed by atoms with Crippen LogP contribution in [0.2, 0.25) is 0 Å². The van der Waals surface area contributed by atoms with Crippen LogP contribution in [0.4, 0.5) is 0 Å². The molecule has 1 aliphatic rings. The number of carbonyl (C=O) groups is 2. The van der Waals surface area contributed by atoms with Gasteiger partial charge in [-0.1, -0.05) is 18.5 Å². The molecule has 0 unspecified atom stereocenters. The Morgan fingerprint density at radius 1 is 1.42 bits per heavy atom. The molecule has 2 heterocycles. The van der Waals surface area contributed by atoms with Crippen LogP contribution in [0.1, 0.15) is 66.7 Å². The highest BCUT2D eigenvalue weighted by molar-refractivity contribution is 6.06. The van der Waals surface area contributed by atoms with Gasteiger partial charge in [0, 0.05) is 24.6 Å². The summed E-state index contributed by atoms with van der Waals surface area (Å²) in [5.74, 6) is -0.696. The molecule has 7 nitrogen and oxygen atoms in total. The second kappa shape index (κ2) is 6.98. The van der Waals surface area contributed by atoms with E-state index in [1.807, 2.05) is 13.0 Å². The maximum Gasteiger partial charge on any atom is 0.303 e. The lowest BCUT2D eigenvalue weighted by Gasteiger charge is -2.08. The van der Waals surface area contributed by atoms with Gasteiger partial charge in [-0.25, -0.2) is 4.98 Å². The molecule has 1 aliphatic carbocycles. The molecule has 2 N–H and O–H groups in total. The first kappa shape index (κ1) is 16.4. The number of carboxylic acids is 1. The van der Waals surface area contributed by atoms with E-state index in [4.69, 9.17) is 9.63 Å². The number of hydrogen-bond acceptors (Lipinski definition) is 5. The van der Waals surface area contributed by atoms with E-state index in [-0.39, 0.29) is 12.3 Å². The normalized spacial score (nSPS) is 14.0. The van der Waals surface area contributed by atoms with E-state index in [0.29, 0.717) is 35.5 Å². The van der Waals surface area contributed by atoms with Crippen LogP contribution in [0.3, 0.4) is 0 Å². The molecule has 0 aliphatic heterocycles. The lowest BCUT2D eigenvalue weighted by molar-refractivity contribution is -0.137. The highest BCUT2D eigenvalue weighted by Crippen LogP contribution is 2.40. The molecule has 2 aromatic heterocycles. The number of fused-ring (bicyclic) bond motifs is 1. The lowest BCUT2D eigenvalue weighted by atomic mass is 10.0. The summed E-state index contributed by atoms with van der Waals surface area (Å²) < 4.78 is 5.35. The molecule has 0 radical (unpaired) electrons. The van der Waals surface area contributed by atoms with Crippen LogP contribution in [0.25, 0.3) is 11.1 Å². The number of nitrogens with zero attached hydrogens (tertiary/aromatic N) is 2. The first-order chi connectivity index (χ1) is 11.6. The number of hydrogen-bond donors (Lipinski definition) is 2. The van der Waals surface area contributed by atoms with Crippen molar-refractivity contribution in [1.82, 2.24) is 15.5 Å². The summed E-state index contributed by atoms with van der Waals surface area (Å²) in [6, 6.07) is 1.84. The minimum Gasteiger partial charge on any atom is -0.481 e. The van der Waals surface area contributed by atoms with E-state index < -0.39 is 5.97 Å². The Hall–Kier alpha value is -2.44. The zero-order valence-corrected chi connectivity index (χ0v) is 13.7. The average molecular weight is 331 g/mol. The smallest absolute Gasteiger partial charge is 0.303 e. The number of rotatable bonds is 8. The number of aliphatic carboxylic acids is 1. The molecule has 1 saturated carbocycles. The first-order valence-corrected chi connectivity index (χ1v) is 8.39. The van der Waals surface area contributed by atoms with Crippen molar-refractivity contribution in [1.29, 1.82) is 0 Å². The highest BCUT2D eigenvalue weighted by atomic mass is 16.5. The third-order valence-electron chi connectivity index (χ3n) is 4.12. The van der Waals surface area contributed by atoms with E-state index in [2.05, 4.69) is 15.5 Å². The van der Waals surface area contributed by atoms with Crippen molar-refractivity contribution < 1.29 is 19.2 Å². The van der Waals surface area contributed by atoms with Crippen molar-refractivity contribution >= 4 is 23.0 Å². The van der Waals surface area contributed by atoms with Gasteiger partial charge in [-0.2, -0.15) is 0 Å². The summed E-state index contributed by atoms with van der Waals surface area (Å²) in [4.78, 5) is 27.7. The molecule has 0 bridgehead atoms. The van der Waals surface area contributed by atoms with Gasteiger partial charge in [0.25, 0.3) is 11.6 Å². The maximum absolute atomic E-state index is 12.6. The van der Waals surface area contributed by atoms with Crippen LogP contribution in [-0.2, 0) is 11.2 Å². The van der Waals surface area contributed by atoms with Crippen LogP contribution >= 0.6 is 0 Å². The largest absolute Gasteiger partial charge is 0.481 e. The van der Waals surface area contributed by atoms with Gasteiger partial charge in [0.15, 0.2) is 0 Å². The van der Waals surface area contributed by atoms with E-state index in [1.165, 1.54) is 0 Å². The summed E-state index contributed by atoms with van der Waals surface area (Å²) in [7, 11) is 0. The zero-order chi connectivity index (χ0) is 17.1. The predicted molar refractivity (Wildman–Crippen MR) is 87.0 cm³/mol. The number of pyridine rings is 1. The topological polar surface area (TPSA) is 105 Å². The predicted octanol–water partition coefficient (Wildman–Crippen LogP) is 2.65. The number of carbonyl (C=O) groups excluding carboxylic acids is 1. The second-order valence-corrected chi connectivity index (χ2v) is 6.18. The van der Waals surface area contributed by atoms with E-state index in [9.17, 15) is 9.59 Å². The molecule has 3 rings (SSSR count). The Morgan fingerprint density at radius 3 is 2.88 bits per heavy atom. The van der Waals surface area contributed by atoms with Crippen LogP contribution in [-0.4, -0.2) is 33.7 Å². The summed E-state index contributed by atoms with van der Waals surface area (Å²) in [5.41, 5.74) is 2.57. The number of carboxylic acid groups (broad SMARTS) is 1. The molecular formula is C17H21N3O4. The van der Waals surface area contributed by atoms with Crippen molar-refractivity contribution in [2.24, 2.45) is 0 Å². The molecule has 0 atom stereocenters. The lowest BCUT2D eigenvalue weighted by Crippen LogP contribution is -2.25. The van der Waals surface area contributed by atoms with Gasteiger partial charge < -0.3 is 14.9 Å². The fourth-order valence-corrected chi connectivity index (χ4v) is 2.74. The highest BCUT2D eigenvalue weighted by Gasteiger charge is 2.28. The summed E-state index contributed by atoms with van der Waals surface area (Å²) in [6.45, 7) is 2.36. The molecule has 1 fully saturated rings. The molecule has 1 amide bonds. The van der Waals surface area contributed by atoms with Crippen molar-refractivity contribution in [3.63, 3.8) is 0 Å². The molecule has 128 valence electrons. The third kappa shape index (κ3) is 3.55. The minimum atomic E-state index is -0.865. The first-order valence-electron chi connectivity index (χ1n) is 8.39. The number of amides is 1. The Labute approximate surface area is 139 Å². The van der Waals surface area contributed by atoms with Gasteiger partial charge >= 0.3 is 5.97 Å². The fraction of sp³-hybridized carbons (Fsp3) is 0.529. The minimum absolute atomic E-state index is 0.0354. The van der Waals surface area contributed by atoms with Crippen molar-refractivity contribution in [2.45, 2.75) is 51.4 Å². The van der Waals surface area contributed by atoms with Crippen LogP contribution in [0.5, 0.6) is 0 Å². The molecule has 0 aromatic carbocycles. The van der Waals surface area contributed by atoms with E-state index >= 15 is 0 Å². The van der Waals surface area contributed by atoms with Gasteiger partial charge in [-0.15, -0.1) is 0 Å². The number of aryl methyl sites for hydroxylation is 1. The SMILES string of the molecule is CCCc1noc2nc(C3CC3)cc(C(=O)NCCCC(=O)O)c12. The second-order valence-electron chi connectivity index (χ2n) is 6.18. The van der Waals surface area contributed by atoms with Gasteiger partial charge in [-0.3, -0.25) is 9.59 Å². The molecular weight excluding hydrogens is 310 g/mol. The van der Waals surface area contributed by atoms with Crippen molar-refractivity contribution in [3.8, 4) is 0 Å². The van der Waals surface area contributed by atoms with Crippen molar-refractivity contribution in [2.75, 3.05) is 6.54 Å². The van der Waals surface area contributed by atoms with Gasteiger partial charge in [0.2, 0.25) is 0 Å². The molecule has 0 saturated heterocycles. The molecule has 0 spiro atoms. The van der Waals surface area contributed by atoms with Crippen molar-refractivity contribution in [3.05, 3.63) is 23.0 Å². The van der Waals surface area contributed by atoms with Crippen LogP contribution < -0.4 is 5.32 Å². The maximum atomic E-state index is 12.6.